The van der Waals surface area contributed by atoms with E-state index in [0.29, 0.717) is 30.7 Å². The molecule has 1 saturated heterocycles. The molecule has 34 heavy (non-hydrogen) atoms. The van der Waals surface area contributed by atoms with Gasteiger partial charge in [-0.05, 0) is 61.7 Å². The number of benzene rings is 1. The molecule has 1 aromatic carbocycles. The highest BCUT2D eigenvalue weighted by Crippen LogP contribution is 2.31. The van der Waals surface area contributed by atoms with E-state index < -0.39 is 11.9 Å². The zero-order valence-corrected chi connectivity index (χ0v) is 20.5. The number of aromatic nitrogens is 1. The third-order valence-corrected chi connectivity index (χ3v) is 8.43. The number of likely N-dealkylation sites (tertiary alicyclic amines) is 1. The Morgan fingerprint density at radius 3 is 2.88 bits per heavy atom. The third kappa shape index (κ3) is 5.95. The van der Waals surface area contributed by atoms with Crippen LogP contribution in [0.4, 0.5) is 4.39 Å². The topological polar surface area (TPSA) is 79.7 Å². The van der Waals surface area contributed by atoms with Crippen LogP contribution in [-0.2, 0) is 4.79 Å². The largest absolute Gasteiger partial charge is 0.497 e. The average molecular weight is 503 g/mol. The molecular formula is C25H27FN2O4S2. The molecule has 0 aliphatic carbocycles. The fourth-order valence-corrected chi connectivity index (χ4v) is 6.40. The van der Waals surface area contributed by atoms with Crippen molar-refractivity contribution in [3.05, 3.63) is 53.3 Å². The van der Waals surface area contributed by atoms with E-state index in [0.717, 1.165) is 51.7 Å². The Kier molecular flexibility index (Phi) is 8.18. The summed E-state index contributed by atoms with van der Waals surface area (Å²) in [5.41, 5.74) is 1.32. The molecule has 6 nitrogen and oxygen atoms in total. The normalized spacial score (nSPS) is 18.8. The summed E-state index contributed by atoms with van der Waals surface area (Å²) in [4.78, 5) is 31.5. The Morgan fingerprint density at radius 1 is 1.29 bits per heavy atom. The molecule has 1 fully saturated rings. The molecule has 180 valence electrons. The second-order valence-electron chi connectivity index (χ2n) is 8.40. The van der Waals surface area contributed by atoms with Gasteiger partial charge in [0.1, 0.15) is 5.75 Å². The van der Waals surface area contributed by atoms with Crippen LogP contribution in [0, 0.1) is 17.0 Å². The molecule has 0 radical (unpaired) electrons. The number of ether oxygens (including phenoxy) is 1. The number of thioether (sulfide) groups is 1. The van der Waals surface area contributed by atoms with Crippen molar-refractivity contribution < 1.29 is 23.8 Å². The second kappa shape index (κ2) is 11.3. The van der Waals surface area contributed by atoms with Gasteiger partial charge in [-0.2, -0.15) is 4.39 Å². The van der Waals surface area contributed by atoms with Gasteiger partial charge in [0.25, 0.3) is 0 Å². The lowest BCUT2D eigenvalue weighted by molar-refractivity contribution is -0.146. The van der Waals surface area contributed by atoms with Gasteiger partial charge in [0.05, 0.1) is 22.8 Å². The predicted molar refractivity (Wildman–Crippen MR) is 133 cm³/mol. The first-order valence-electron chi connectivity index (χ1n) is 11.2. The van der Waals surface area contributed by atoms with Crippen LogP contribution in [0.1, 0.15) is 29.6 Å². The SMILES string of the molecule is COc1ccc2nccc(C(=O)CCC3CCN(CCSc4ccc(F)s4)CC3C(=O)O)c2c1. The lowest BCUT2D eigenvalue weighted by atomic mass is 9.81. The van der Waals surface area contributed by atoms with E-state index in [1.807, 2.05) is 18.2 Å². The maximum atomic E-state index is 13.1. The van der Waals surface area contributed by atoms with Gasteiger partial charge in [-0.15, -0.1) is 11.8 Å². The van der Waals surface area contributed by atoms with Crippen LogP contribution >= 0.6 is 23.1 Å². The van der Waals surface area contributed by atoms with E-state index >= 15 is 0 Å². The van der Waals surface area contributed by atoms with Gasteiger partial charge in [0.2, 0.25) is 0 Å². The van der Waals surface area contributed by atoms with E-state index in [1.165, 1.54) is 6.07 Å². The molecular weight excluding hydrogens is 475 g/mol. The number of hydrogen-bond acceptors (Lipinski definition) is 7. The van der Waals surface area contributed by atoms with Crippen LogP contribution in [0.3, 0.4) is 0 Å². The molecule has 3 heterocycles. The van der Waals surface area contributed by atoms with Crippen molar-refractivity contribution in [2.75, 3.05) is 32.5 Å². The van der Waals surface area contributed by atoms with Gasteiger partial charge in [-0.3, -0.25) is 14.6 Å². The number of thiophene rings is 1. The molecule has 0 saturated carbocycles. The molecule has 4 rings (SSSR count). The fraction of sp³-hybridized carbons (Fsp3) is 0.400. The lowest BCUT2D eigenvalue weighted by Gasteiger charge is -2.36. The average Bonchev–Trinajstić information content (AvgIpc) is 3.26. The van der Waals surface area contributed by atoms with Crippen molar-refractivity contribution in [1.82, 2.24) is 9.88 Å². The van der Waals surface area contributed by atoms with Gasteiger partial charge in [-0.1, -0.05) is 11.3 Å². The first-order valence-corrected chi connectivity index (χ1v) is 13.0. The number of fused-ring (bicyclic) bond motifs is 1. The summed E-state index contributed by atoms with van der Waals surface area (Å²) in [5, 5.41) is 10.4. The number of rotatable bonds is 10. The molecule has 2 unspecified atom stereocenters. The Labute approximate surface area is 206 Å². The summed E-state index contributed by atoms with van der Waals surface area (Å²) in [5.74, 6) is 0.0873. The Hall–Kier alpha value is -2.49. The number of pyridine rings is 1. The van der Waals surface area contributed by atoms with Gasteiger partial charge in [0, 0.05) is 42.4 Å². The molecule has 2 aromatic heterocycles. The predicted octanol–water partition coefficient (Wildman–Crippen LogP) is 5.22. The van der Waals surface area contributed by atoms with Crippen molar-refractivity contribution in [3.8, 4) is 5.75 Å². The standard InChI is InChI=1S/C25H27FN2O4S2/c1-32-17-3-4-21-19(14-17)18(8-10-27-21)22(29)5-2-16-9-11-28(15-20(16)25(30)31)12-13-33-24-7-6-23(26)34-24/h3-4,6-8,10,14,16,20H,2,5,9,11-13,15H2,1H3,(H,30,31). The smallest absolute Gasteiger partial charge is 0.308 e. The van der Waals surface area contributed by atoms with Crippen molar-refractivity contribution in [2.45, 2.75) is 23.5 Å². The van der Waals surface area contributed by atoms with E-state index in [4.69, 9.17) is 4.74 Å². The first-order chi connectivity index (χ1) is 16.4. The summed E-state index contributed by atoms with van der Waals surface area (Å²) < 4.78 is 19.4. The van der Waals surface area contributed by atoms with Crippen LogP contribution in [0.5, 0.6) is 5.75 Å². The number of piperidine rings is 1. The number of nitrogens with zero attached hydrogens (tertiary/aromatic N) is 2. The molecule has 1 aliphatic rings. The van der Waals surface area contributed by atoms with E-state index in [9.17, 15) is 19.1 Å². The highest BCUT2D eigenvalue weighted by atomic mass is 32.2. The summed E-state index contributed by atoms with van der Waals surface area (Å²) in [6.07, 6.45) is 3.21. The highest BCUT2D eigenvalue weighted by molar-refractivity contribution is 8.01. The molecule has 0 amide bonds. The number of ketones is 1. The molecule has 1 N–H and O–H groups in total. The Bertz CT molecular complexity index is 1170. The Morgan fingerprint density at radius 2 is 2.15 bits per heavy atom. The van der Waals surface area contributed by atoms with Crippen molar-refractivity contribution in [3.63, 3.8) is 0 Å². The van der Waals surface area contributed by atoms with Crippen LogP contribution < -0.4 is 4.74 Å². The number of aliphatic carboxylic acids is 1. The van der Waals surface area contributed by atoms with Crippen LogP contribution in [0.25, 0.3) is 10.9 Å². The highest BCUT2D eigenvalue weighted by Gasteiger charge is 2.34. The van der Waals surface area contributed by atoms with Crippen LogP contribution in [0.2, 0.25) is 0 Å². The molecule has 2 atom stereocenters. The zero-order valence-electron chi connectivity index (χ0n) is 18.9. The van der Waals surface area contributed by atoms with Crippen molar-refractivity contribution in [1.29, 1.82) is 0 Å². The van der Waals surface area contributed by atoms with E-state index in [1.54, 1.807) is 37.2 Å². The monoisotopic (exact) mass is 502 g/mol. The Balaban J connectivity index is 1.34. The number of carbonyl (C=O) groups is 2. The number of carboxylic acid groups (broad SMARTS) is 1. The summed E-state index contributed by atoms with van der Waals surface area (Å²) in [7, 11) is 1.58. The van der Waals surface area contributed by atoms with Gasteiger partial charge < -0.3 is 14.7 Å². The molecule has 9 heteroatoms. The van der Waals surface area contributed by atoms with Gasteiger partial charge in [-0.25, -0.2) is 0 Å². The number of methoxy groups -OCH3 is 1. The molecule has 0 bridgehead atoms. The van der Waals surface area contributed by atoms with E-state index in [2.05, 4.69) is 9.88 Å². The van der Waals surface area contributed by atoms with Crippen molar-refractivity contribution >= 4 is 45.8 Å². The summed E-state index contributed by atoms with van der Waals surface area (Å²) in [6.45, 7) is 2.03. The third-order valence-electron chi connectivity index (χ3n) is 6.35. The zero-order chi connectivity index (χ0) is 24.1. The van der Waals surface area contributed by atoms with Gasteiger partial charge in [0.15, 0.2) is 10.9 Å². The lowest BCUT2D eigenvalue weighted by Crippen LogP contribution is -2.44. The molecule has 1 aliphatic heterocycles. The number of hydrogen-bond donors (Lipinski definition) is 1. The molecule has 3 aromatic rings. The number of carboxylic acids is 1. The number of Topliss-reactive ketones (excluding diaryl/α,β-unsaturated/α-hetero) is 1. The number of halogens is 1. The molecule has 0 spiro atoms. The fourth-order valence-electron chi connectivity index (χ4n) is 4.49. The quantitative estimate of drug-likeness (QED) is 0.301. The van der Waals surface area contributed by atoms with Gasteiger partial charge >= 0.3 is 5.97 Å². The minimum Gasteiger partial charge on any atom is -0.497 e. The maximum absolute atomic E-state index is 13.1. The summed E-state index contributed by atoms with van der Waals surface area (Å²) in [6, 6.07) is 10.4. The maximum Gasteiger partial charge on any atom is 0.308 e. The van der Waals surface area contributed by atoms with Crippen LogP contribution in [-0.4, -0.2) is 59.2 Å². The number of carbonyl (C=O) groups excluding carboxylic acids is 1. The second-order valence-corrected chi connectivity index (χ2v) is 10.8. The van der Waals surface area contributed by atoms with Crippen LogP contribution in [0.15, 0.2) is 46.8 Å². The minimum atomic E-state index is -0.811. The van der Waals surface area contributed by atoms with E-state index in [-0.39, 0.29) is 16.8 Å². The summed E-state index contributed by atoms with van der Waals surface area (Å²) >= 11 is 2.72. The van der Waals surface area contributed by atoms with Crippen molar-refractivity contribution in [2.24, 2.45) is 11.8 Å². The first kappa shape index (κ1) is 24.6. The minimum absolute atomic E-state index is 0.00759.